The van der Waals surface area contributed by atoms with Crippen LogP contribution in [0.2, 0.25) is 0 Å². The Morgan fingerprint density at radius 1 is 0.638 bits per heavy atom. The normalized spacial score (nSPS) is 19.4. The first-order chi connectivity index (χ1) is 22.3. The molecule has 7 rings (SSSR count). The molecule has 0 bridgehead atoms. The molecular weight excluding hydrogens is 633 g/mol. The van der Waals surface area contributed by atoms with Gasteiger partial charge >= 0.3 is 0 Å². The molecule has 2 aromatic heterocycles. The van der Waals surface area contributed by atoms with E-state index in [1.54, 1.807) is 13.8 Å². The van der Waals surface area contributed by atoms with Crippen LogP contribution in [0.5, 0.6) is 0 Å². The van der Waals surface area contributed by atoms with Crippen LogP contribution in [0.15, 0.2) is 68.7 Å². The number of benzene rings is 2. The summed E-state index contributed by atoms with van der Waals surface area (Å²) in [6, 6.07) is 16.2. The molecule has 4 aromatic rings. The fourth-order valence-electron chi connectivity index (χ4n) is 6.34. The number of likely N-dealkylation sites (N-methyl/N-ethyl adjacent to an activating group) is 2. The quantitative estimate of drug-likeness (QED) is 0.233. The van der Waals surface area contributed by atoms with Crippen LogP contribution in [0.25, 0.3) is 31.3 Å². The van der Waals surface area contributed by atoms with Crippen molar-refractivity contribution < 1.29 is 19.2 Å². The van der Waals surface area contributed by atoms with Crippen LogP contribution >= 0.6 is 22.7 Å². The summed E-state index contributed by atoms with van der Waals surface area (Å²) < 4.78 is 1.95. The molecule has 47 heavy (non-hydrogen) atoms. The van der Waals surface area contributed by atoms with E-state index >= 15 is 0 Å². The van der Waals surface area contributed by atoms with Crippen LogP contribution in [0.4, 0.5) is 10.0 Å². The second kappa shape index (κ2) is 10.2. The van der Waals surface area contributed by atoms with Crippen molar-refractivity contribution in [1.82, 2.24) is 9.80 Å². The number of amides is 4. The fraction of sp³-hybridized carbons (Fsp3) is 0.200. The number of hydrogen-bond donors (Lipinski definition) is 0. The van der Waals surface area contributed by atoms with Gasteiger partial charge in [0, 0.05) is 40.1 Å². The van der Waals surface area contributed by atoms with Gasteiger partial charge in [-0.05, 0) is 83.3 Å². The zero-order valence-electron chi connectivity index (χ0n) is 26.1. The van der Waals surface area contributed by atoms with E-state index in [0.29, 0.717) is 10.0 Å². The van der Waals surface area contributed by atoms with Gasteiger partial charge in [0.25, 0.3) is 23.6 Å². The van der Waals surface area contributed by atoms with Crippen LogP contribution in [0.1, 0.15) is 38.8 Å². The predicted molar refractivity (Wildman–Crippen MR) is 181 cm³/mol. The maximum atomic E-state index is 12.9. The highest BCUT2D eigenvalue weighted by Gasteiger charge is 2.38. The summed E-state index contributed by atoms with van der Waals surface area (Å²) in [6.07, 6.45) is 0. The molecule has 0 fully saturated rings. The van der Waals surface area contributed by atoms with E-state index in [0.717, 1.165) is 52.2 Å². The first-order valence-electron chi connectivity index (χ1n) is 14.5. The molecule has 4 amide bonds. The minimum Gasteiger partial charge on any atom is -0.276 e. The van der Waals surface area contributed by atoms with Crippen LogP contribution < -0.4 is 0 Å². The monoisotopic (exact) mass is 656 g/mol. The standard InChI is InChI=1S/C35H24N6O4S2/c1-15-21(13-36)31(42)40(5)33(44)29(15)38-27-9-17-7-23-19(11-25(17)46-27)20-12-26-18(8-24(20)35(23,3)4)10-28(47-26)39-30-16(2)22(14-37)32(43)41(6)34(30)45/h7-12H,1-6H3. The second-order valence-electron chi connectivity index (χ2n) is 12.1. The van der Waals surface area contributed by atoms with Crippen LogP contribution in [0.3, 0.4) is 0 Å². The first-order valence-corrected chi connectivity index (χ1v) is 16.1. The maximum Gasteiger partial charge on any atom is 0.279 e. The van der Waals surface area contributed by atoms with Crippen molar-refractivity contribution >= 4 is 87.9 Å². The van der Waals surface area contributed by atoms with Gasteiger partial charge in [-0.15, -0.1) is 22.7 Å². The van der Waals surface area contributed by atoms with Gasteiger partial charge in [0.1, 0.15) is 44.7 Å². The number of nitriles is 2. The number of nitrogens with zero attached hydrogens (tertiary/aromatic N) is 6. The zero-order valence-corrected chi connectivity index (χ0v) is 27.7. The lowest BCUT2D eigenvalue weighted by Gasteiger charge is -2.22. The molecule has 0 atom stereocenters. The highest BCUT2D eigenvalue weighted by molar-refractivity contribution is 7.23. The third-order valence-corrected chi connectivity index (χ3v) is 11.1. The largest absolute Gasteiger partial charge is 0.279 e. The molecule has 0 saturated heterocycles. The Hall–Kier alpha value is -5.56. The van der Waals surface area contributed by atoms with E-state index in [9.17, 15) is 29.7 Å². The third-order valence-electron chi connectivity index (χ3n) is 9.10. The molecule has 230 valence electrons. The SMILES string of the molecule is CC1=C(C#N)C(=O)N(C)C(=O)C1=Nc1cc2cc3c(cc2s1)-c1cc2sc(N=C4C(=O)N(C)C(=O)C(C#N)=C4C)cc2cc1C3(C)C. The molecule has 10 nitrogen and oxygen atoms in total. The van der Waals surface area contributed by atoms with Crippen LogP contribution in [-0.4, -0.2) is 58.9 Å². The summed E-state index contributed by atoms with van der Waals surface area (Å²) in [7, 11) is 2.69. The van der Waals surface area contributed by atoms with Gasteiger partial charge in [0.15, 0.2) is 0 Å². The number of fused-ring (bicyclic) bond motifs is 5. The molecule has 0 saturated carbocycles. The van der Waals surface area contributed by atoms with E-state index in [4.69, 9.17) is 0 Å². The van der Waals surface area contributed by atoms with Crippen molar-refractivity contribution in [1.29, 1.82) is 10.5 Å². The van der Waals surface area contributed by atoms with Crippen LogP contribution in [0, 0.1) is 22.7 Å². The van der Waals surface area contributed by atoms with Gasteiger partial charge in [-0.2, -0.15) is 10.5 Å². The summed E-state index contributed by atoms with van der Waals surface area (Å²) in [6.45, 7) is 7.48. The van der Waals surface area contributed by atoms with Crippen molar-refractivity contribution in [2.45, 2.75) is 33.1 Å². The average Bonchev–Trinajstić information content (AvgIpc) is 3.69. The molecular formula is C35H24N6O4S2. The van der Waals surface area contributed by atoms with E-state index in [1.165, 1.54) is 36.8 Å². The van der Waals surface area contributed by atoms with Gasteiger partial charge in [-0.3, -0.25) is 29.0 Å². The van der Waals surface area contributed by atoms with Crippen molar-refractivity contribution in [3.63, 3.8) is 0 Å². The van der Waals surface area contributed by atoms with Gasteiger partial charge in [-0.25, -0.2) is 9.98 Å². The first kappa shape index (κ1) is 30.1. The van der Waals surface area contributed by atoms with E-state index in [2.05, 4.69) is 48.1 Å². The number of hydrogen-bond acceptors (Lipinski definition) is 10. The topological polar surface area (TPSA) is 147 Å². The van der Waals surface area contributed by atoms with E-state index < -0.39 is 23.6 Å². The maximum absolute atomic E-state index is 12.9. The highest BCUT2D eigenvalue weighted by Crippen LogP contribution is 2.53. The number of carbonyl (C=O) groups is 4. The Kier molecular flexibility index (Phi) is 6.55. The summed E-state index contributed by atoms with van der Waals surface area (Å²) in [5, 5.41) is 22.1. The number of carbonyl (C=O) groups excluding carboxylic acids is 4. The molecule has 0 radical (unpaired) electrons. The predicted octanol–water partition coefficient (Wildman–Crippen LogP) is 6.24. The highest BCUT2D eigenvalue weighted by atomic mass is 32.1. The van der Waals surface area contributed by atoms with Crippen molar-refractivity contribution in [3.05, 3.63) is 69.8 Å². The molecule has 4 heterocycles. The second-order valence-corrected chi connectivity index (χ2v) is 14.3. The summed E-state index contributed by atoms with van der Waals surface area (Å²) in [5.41, 5.74) is 4.66. The molecule has 0 N–H and O–H groups in total. The van der Waals surface area contributed by atoms with Crippen molar-refractivity contribution in [3.8, 4) is 23.3 Å². The Morgan fingerprint density at radius 2 is 1.02 bits per heavy atom. The number of thiophene rings is 2. The molecule has 3 aliphatic rings. The summed E-state index contributed by atoms with van der Waals surface area (Å²) >= 11 is 2.85. The van der Waals surface area contributed by atoms with Crippen molar-refractivity contribution in [2.75, 3.05) is 14.1 Å². The average molecular weight is 657 g/mol. The Labute approximate surface area is 276 Å². The number of rotatable bonds is 2. The summed E-state index contributed by atoms with van der Waals surface area (Å²) in [4.78, 5) is 61.6. The Balaban J connectivity index is 1.32. The Bertz CT molecular complexity index is 2270. The van der Waals surface area contributed by atoms with E-state index in [-0.39, 0.29) is 39.1 Å². The Morgan fingerprint density at radius 3 is 1.38 bits per heavy atom. The van der Waals surface area contributed by atoms with Gasteiger partial charge in [0.05, 0.1) is 0 Å². The zero-order chi connectivity index (χ0) is 33.7. The molecule has 0 spiro atoms. The molecule has 0 unspecified atom stereocenters. The van der Waals surface area contributed by atoms with E-state index in [1.807, 2.05) is 24.3 Å². The third kappa shape index (κ3) is 4.26. The van der Waals surface area contributed by atoms with Crippen LogP contribution in [-0.2, 0) is 24.6 Å². The number of imide groups is 2. The molecule has 1 aliphatic carbocycles. The molecule has 2 aliphatic heterocycles. The molecule has 12 heteroatoms. The minimum atomic E-state index is -0.631. The van der Waals surface area contributed by atoms with Crippen molar-refractivity contribution in [2.24, 2.45) is 9.98 Å². The van der Waals surface area contributed by atoms with Gasteiger partial charge in [-0.1, -0.05) is 13.8 Å². The van der Waals surface area contributed by atoms with Gasteiger partial charge < -0.3 is 0 Å². The lowest BCUT2D eigenvalue weighted by Crippen LogP contribution is -2.44. The fourth-order valence-corrected chi connectivity index (χ4v) is 8.27. The lowest BCUT2D eigenvalue weighted by molar-refractivity contribution is -0.138. The molecule has 2 aromatic carbocycles. The summed E-state index contributed by atoms with van der Waals surface area (Å²) in [5.74, 6) is -2.35. The lowest BCUT2D eigenvalue weighted by atomic mass is 9.82. The van der Waals surface area contributed by atoms with Gasteiger partial charge in [0.2, 0.25) is 0 Å². The smallest absolute Gasteiger partial charge is 0.276 e. The minimum absolute atomic E-state index is 0.0793. The number of aliphatic imine (C=N–C) groups is 2.